The molecule has 290 valence electrons. The van der Waals surface area contributed by atoms with Gasteiger partial charge in [0, 0.05) is 18.7 Å². The molecule has 0 spiro atoms. The van der Waals surface area contributed by atoms with Crippen molar-refractivity contribution in [2.24, 2.45) is 11.8 Å². The SMILES string of the molecule is COC(=O)NC(C(=O)N1CCC[C@H]1c1nc2ccc(-c3cn(-c4ccc5nc([C@@H]6CCCN6C(=O)C(NC(=O)OC)C(C)C)[nH]c5c4)nn3)cc2[nH]1)C(C)C. The second-order valence-electron chi connectivity index (χ2n) is 14.8. The molecule has 4 atom stereocenters. The van der Waals surface area contributed by atoms with Crippen LogP contribution in [0, 0.1) is 11.8 Å². The van der Waals surface area contributed by atoms with E-state index in [1.165, 1.54) is 14.2 Å². The summed E-state index contributed by atoms with van der Waals surface area (Å²) in [6.07, 6.45) is 3.72. The highest BCUT2D eigenvalue weighted by molar-refractivity contribution is 5.88. The molecule has 0 bridgehead atoms. The van der Waals surface area contributed by atoms with Gasteiger partial charge in [0.1, 0.15) is 29.4 Å². The molecule has 4 N–H and O–H groups in total. The van der Waals surface area contributed by atoms with Crippen LogP contribution in [-0.4, -0.2) is 108 Å². The van der Waals surface area contributed by atoms with Crippen LogP contribution in [0.3, 0.4) is 0 Å². The van der Waals surface area contributed by atoms with Gasteiger partial charge in [-0.15, -0.1) is 5.10 Å². The minimum Gasteiger partial charge on any atom is -0.453 e. The number of alkyl carbamates (subject to hydrolysis) is 2. The van der Waals surface area contributed by atoms with Crippen LogP contribution in [-0.2, 0) is 19.1 Å². The van der Waals surface area contributed by atoms with E-state index in [9.17, 15) is 19.2 Å². The van der Waals surface area contributed by atoms with Crippen molar-refractivity contribution in [3.05, 3.63) is 54.2 Å². The van der Waals surface area contributed by atoms with Gasteiger partial charge in [-0.3, -0.25) is 9.59 Å². The number of hydrogen-bond acceptors (Lipinski definition) is 10. The van der Waals surface area contributed by atoms with Crippen LogP contribution < -0.4 is 10.6 Å². The van der Waals surface area contributed by atoms with Crippen molar-refractivity contribution in [2.45, 2.75) is 77.5 Å². The lowest BCUT2D eigenvalue weighted by Crippen LogP contribution is -2.51. The van der Waals surface area contributed by atoms with E-state index in [1.54, 1.807) is 14.5 Å². The summed E-state index contributed by atoms with van der Waals surface area (Å²) in [5.41, 5.74) is 5.41. The van der Waals surface area contributed by atoms with Gasteiger partial charge in [0.2, 0.25) is 11.8 Å². The average molecular weight is 754 g/mol. The third-order valence-electron chi connectivity index (χ3n) is 10.5. The van der Waals surface area contributed by atoms with Crippen LogP contribution in [0.1, 0.15) is 77.1 Å². The van der Waals surface area contributed by atoms with Gasteiger partial charge in [0.15, 0.2) is 0 Å². The van der Waals surface area contributed by atoms with Crippen LogP contribution in [0.5, 0.6) is 0 Å². The fourth-order valence-corrected chi connectivity index (χ4v) is 7.57. The van der Waals surface area contributed by atoms with Crippen molar-refractivity contribution in [2.75, 3.05) is 27.3 Å². The van der Waals surface area contributed by atoms with Gasteiger partial charge in [0.25, 0.3) is 0 Å². The molecule has 0 radical (unpaired) electrons. The van der Waals surface area contributed by atoms with E-state index in [0.29, 0.717) is 30.4 Å². The Labute approximate surface area is 317 Å². The maximum absolute atomic E-state index is 13.6. The Morgan fingerprint density at radius 1 is 0.745 bits per heavy atom. The van der Waals surface area contributed by atoms with E-state index in [0.717, 1.165) is 59.0 Å². The Kier molecular flexibility index (Phi) is 10.4. The van der Waals surface area contributed by atoms with Gasteiger partial charge in [0.05, 0.1) is 60.3 Å². The van der Waals surface area contributed by atoms with E-state index in [1.807, 2.05) is 70.3 Å². The first-order valence-electron chi connectivity index (χ1n) is 18.7. The minimum atomic E-state index is -0.712. The molecule has 2 aromatic carbocycles. The van der Waals surface area contributed by atoms with Crippen molar-refractivity contribution in [3.8, 4) is 16.9 Å². The maximum Gasteiger partial charge on any atom is 0.407 e. The fourth-order valence-electron chi connectivity index (χ4n) is 7.57. The van der Waals surface area contributed by atoms with Crippen molar-refractivity contribution in [1.82, 2.24) is 55.4 Å². The van der Waals surface area contributed by atoms with Gasteiger partial charge in [-0.25, -0.2) is 24.2 Å². The standard InChI is InChI=1S/C38H47N11O6/c1-20(2)31(43-37(52)54-5)35(50)47-15-7-9-29(47)33-39-24-13-11-22(17-26(24)41-33)28-19-49(46-45-28)23-12-14-25-27(18-23)42-34(40-25)30-10-8-16-48(30)36(51)32(21(3)4)44-38(53)55-6/h11-14,17-21,29-32H,7-10,15-16H2,1-6H3,(H,39,41)(H,40,42)(H,43,52)(H,44,53)/t29-,30-,31?,32?/m0/s1. The second kappa shape index (κ2) is 15.4. The van der Waals surface area contributed by atoms with Crippen molar-refractivity contribution in [3.63, 3.8) is 0 Å². The van der Waals surface area contributed by atoms with Crippen LogP contribution in [0.2, 0.25) is 0 Å². The number of amides is 4. The summed E-state index contributed by atoms with van der Waals surface area (Å²) in [7, 11) is 2.56. The number of fused-ring (bicyclic) bond motifs is 2. The number of aromatic amines is 2. The van der Waals surface area contributed by atoms with E-state index >= 15 is 0 Å². The molecule has 17 heteroatoms. The second-order valence-corrected chi connectivity index (χ2v) is 14.8. The highest BCUT2D eigenvalue weighted by Gasteiger charge is 2.39. The number of imidazole rings is 2. The van der Waals surface area contributed by atoms with Crippen LogP contribution in [0.4, 0.5) is 9.59 Å². The quantitative estimate of drug-likeness (QED) is 0.154. The lowest BCUT2D eigenvalue weighted by molar-refractivity contribution is -0.136. The Balaban J connectivity index is 1.08. The van der Waals surface area contributed by atoms with Crippen molar-refractivity contribution in [1.29, 1.82) is 0 Å². The normalized spacial score (nSPS) is 18.3. The van der Waals surface area contributed by atoms with Gasteiger partial charge in [-0.2, -0.15) is 0 Å². The number of aromatic nitrogens is 7. The van der Waals surface area contributed by atoms with Gasteiger partial charge in [-0.05, 0) is 67.9 Å². The summed E-state index contributed by atoms with van der Waals surface area (Å²) in [6.45, 7) is 8.70. The molecule has 0 saturated carbocycles. The molecule has 2 unspecified atom stereocenters. The molecule has 2 aliphatic rings. The number of nitrogens with zero attached hydrogens (tertiary/aromatic N) is 7. The number of nitrogens with one attached hydrogen (secondary N) is 4. The summed E-state index contributed by atoms with van der Waals surface area (Å²) < 4.78 is 11.2. The number of hydrogen-bond donors (Lipinski definition) is 4. The summed E-state index contributed by atoms with van der Waals surface area (Å²) in [4.78, 5) is 71.3. The lowest BCUT2D eigenvalue weighted by atomic mass is 10.0. The molecule has 2 aliphatic heterocycles. The highest BCUT2D eigenvalue weighted by Crippen LogP contribution is 2.35. The molecule has 2 fully saturated rings. The molecule has 17 nitrogen and oxygen atoms in total. The highest BCUT2D eigenvalue weighted by atomic mass is 16.5. The number of rotatable bonds is 10. The molecule has 5 aromatic rings. The zero-order valence-electron chi connectivity index (χ0n) is 31.8. The number of carbonyl (C=O) groups excluding carboxylic acids is 4. The van der Waals surface area contributed by atoms with E-state index in [4.69, 9.17) is 19.4 Å². The Bertz CT molecular complexity index is 2070. The Hall–Kier alpha value is -6.00. The van der Waals surface area contributed by atoms with Crippen LogP contribution in [0.25, 0.3) is 39.0 Å². The molecule has 2 saturated heterocycles. The zero-order valence-corrected chi connectivity index (χ0v) is 31.8. The number of carbonyl (C=O) groups is 4. The van der Waals surface area contributed by atoms with Crippen LogP contribution in [0.15, 0.2) is 42.6 Å². The number of likely N-dealkylation sites (tertiary alicyclic amines) is 2. The fraction of sp³-hybridized carbons (Fsp3) is 0.474. The number of benzene rings is 2. The third-order valence-corrected chi connectivity index (χ3v) is 10.5. The van der Waals surface area contributed by atoms with Crippen LogP contribution >= 0.6 is 0 Å². The Morgan fingerprint density at radius 2 is 1.25 bits per heavy atom. The summed E-state index contributed by atoms with van der Waals surface area (Å²) in [6, 6.07) is 9.69. The maximum atomic E-state index is 13.6. The molecule has 55 heavy (non-hydrogen) atoms. The summed E-state index contributed by atoms with van der Waals surface area (Å²) in [5.74, 6) is 0.805. The number of H-pyrrole nitrogens is 2. The van der Waals surface area contributed by atoms with Gasteiger partial charge in [-0.1, -0.05) is 39.0 Å². The molecule has 3 aromatic heterocycles. The third kappa shape index (κ3) is 7.42. The van der Waals surface area contributed by atoms with Gasteiger partial charge >= 0.3 is 12.2 Å². The number of methoxy groups -OCH3 is 2. The molecule has 7 rings (SSSR count). The zero-order chi connectivity index (χ0) is 39.0. The molecule has 0 aliphatic carbocycles. The summed E-state index contributed by atoms with van der Waals surface area (Å²) in [5, 5.41) is 14.3. The van der Waals surface area contributed by atoms with E-state index < -0.39 is 24.3 Å². The first-order chi connectivity index (χ1) is 26.4. The van der Waals surface area contributed by atoms with Gasteiger partial charge < -0.3 is 39.9 Å². The average Bonchev–Trinajstić information content (AvgIpc) is 4.02. The molecule has 5 heterocycles. The monoisotopic (exact) mass is 753 g/mol. The van der Waals surface area contributed by atoms with Crippen molar-refractivity contribution < 1.29 is 28.7 Å². The molecular formula is C38H47N11O6. The lowest BCUT2D eigenvalue weighted by Gasteiger charge is -2.29. The number of ether oxygens (including phenoxy) is 2. The van der Waals surface area contributed by atoms with E-state index in [-0.39, 0.29) is 35.7 Å². The Morgan fingerprint density at radius 3 is 1.76 bits per heavy atom. The minimum absolute atomic E-state index is 0.125. The largest absolute Gasteiger partial charge is 0.453 e. The van der Waals surface area contributed by atoms with E-state index in [2.05, 4.69) is 30.9 Å². The predicted octanol–water partition coefficient (Wildman–Crippen LogP) is 4.78. The molecule has 4 amide bonds. The predicted molar refractivity (Wildman–Crippen MR) is 202 cm³/mol. The summed E-state index contributed by atoms with van der Waals surface area (Å²) >= 11 is 0. The van der Waals surface area contributed by atoms with Crippen molar-refractivity contribution >= 4 is 46.1 Å². The first-order valence-corrected chi connectivity index (χ1v) is 18.7. The first kappa shape index (κ1) is 37.3. The molecular weight excluding hydrogens is 706 g/mol. The smallest absolute Gasteiger partial charge is 0.407 e. The topological polar surface area (TPSA) is 205 Å².